The van der Waals surface area contributed by atoms with Gasteiger partial charge in [-0.25, -0.2) is 0 Å². The van der Waals surface area contributed by atoms with E-state index < -0.39 is 0 Å². The van der Waals surface area contributed by atoms with Gasteiger partial charge in [0.05, 0.1) is 12.2 Å². The number of hydrogen-bond donors (Lipinski definition) is 0. The number of aromatic nitrogens is 3. The molecule has 0 aliphatic carbocycles. The molecule has 24 heavy (non-hydrogen) atoms. The summed E-state index contributed by atoms with van der Waals surface area (Å²) in [6.45, 7) is 4.20. The highest BCUT2D eigenvalue weighted by atomic mass is 16.5. The SMILES string of the molecule is CCn1cc(CN(C)Cc2cc(-c3ccccn3)no2)cc1C#N. The zero-order chi connectivity index (χ0) is 16.9. The van der Waals surface area contributed by atoms with Crippen LogP contribution in [0.2, 0.25) is 0 Å². The Bertz CT molecular complexity index is 844. The van der Waals surface area contributed by atoms with E-state index in [-0.39, 0.29) is 0 Å². The normalized spacial score (nSPS) is 10.9. The highest BCUT2D eigenvalue weighted by Gasteiger charge is 2.11. The standard InChI is InChI=1S/C18H19N5O/c1-3-23-12-14(8-15(23)10-19)11-22(2)13-16-9-18(21-24-16)17-6-4-5-7-20-17/h4-9,12H,3,11,13H2,1-2H3. The first-order valence-corrected chi connectivity index (χ1v) is 7.84. The van der Waals surface area contributed by atoms with Crippen molar-refractivity contribution in [3.05, 3.63) is 59.7 Å². The molecule has 0 saturated heterocycles. The lowest BCUT2D eigenvalue weighted by atomic mass is 10.2. The first-order valence-electron chi connectivity index (χ1n) is 7.84. The molecule has 3 aromatic rings. The second-order valence-electron chi connectivity index (χ2n) is 5.70. The number of rotatable bonds is 6. The third-order valence-corrected chi connectivity index (χ3v) is 3.77. The minimum Gasteiger partial charge on any atom is -0.359 e. The van der Waals surface area contributed by atoms with Crippen molar-refractivity contribution in [3.63, 3.8) is 0 Å². The van der Waals surface area contributed by atoms with Gasteiger partial charge in [0.15, 0.2) is 5.76 Å². The van der Waals surface area contributed by atoms with Crippen molar-refractivity contribution in [1.82, 2.24) is 19.6 Å². The Kier molecular flexibility index (Phi) is 4.73. The third kappa shape index (κ3) is 3.53. The van der Waals surface area contributed by atoms with Gasteiger partial charge in [-0.15, -0.1) is 0 Å². The summed E-state index contributed by atoms with van der Waals surface area (Å²) >= 11 is 0. The Hall–Kier alpha value is -2.91. The van der Waals surface area contributed by atoms with Crippen LogP contribution in [0.3, 0.4) is 0 Å². The lowest BCUT2D eigenvalue weighted by Gasteiger charge is -2.13. The molecule has 3 heterocycles. The molecule has 122 valence electrons. The monoisotopic (exact) mass is 321 g/mol. The van der Waals surface area contributed by atoms with Crippen LogP contribution in [-0.4, -0.2) is 26.7 Å². The number of nitrogens with zero attached hydrogens (tertiary/aromatic N) is 5. The molecule has 0 amide bonds. The summed E-state index contributed by atoms with van der Waals surface area (Å²) in [5.41, 5.74) is 3.34. The van der Waals surface area contributed by atoms with E-state index in [9.17, 15) is 0 Å². The molecule has 0 radical (unpaired) electrons. The van der Waals surface area contributed by atoms with Gasteiger partial charge < -0.3 is 9.09 Å². The molecule has 0 saturated carbocycles. The van der Waals surface area contributed by atoms with Gasteiger partial charge in [0.1, 0.15) is 17.5 Å². The maximum Gasteiger partial charge on any atom is 0.151 e. The Morgan fingerprint density at radius 1 is 1.25 bits per heavy atom. The molecule has 0 bridgehead atoms. The Balaban J connectivity index is 1.65. The minimum absolute atomic E-state index is 0.638. The van der Waals surface area contributed by atoms with Crippen molar-refractivity contribution in [2.45, 2.75) is 26.6 Å². The molecule has 0 unspecified atom stereocenters. The van der Waals surface area contributed by atoms with Gasteiger partial charge in [0.25, 0.3) is 0 Å². The lowest BCUT2D eigenvalue weighted by Crippen LogP contribution is -2.16. The zero-order valence-electron chi connectivity index (χ0n) is 13.8. The molecule has 3 rings (SSSR count). The first kappa shape index (κ1) is 16.0. The van der Waals surface area contributed by atoms with Crippen molar-refractivity contribution in [2.24, 2.45) is 0 Å². The topological polar surface area (TPSA) is 70.9 Å². The molecule has 0 spiro atoms. The Morgan fingerprint density at radius 3 is 2.79 bits per heavy atom. The predicted molar refractivity (Wildman–Crippen MR) is 89.7 cm³/mol. The number of nitriles is 1. The van der Waals surface area contributed by atoms with Crippen LogP contribution in [0.15, 0.2) is 47.2 Å². The third-order valence-electron chi connectivity index (χ3n) is 3.77. The van der Waals surface area contributed by atoms with Crippen LogP contribution in [0.25, 0.3) is 11.4 Å². The van der Waals surface area contributed by atoms with E-state index in [1.54, 1.807) is 6.20 Å². The van der Waals surface area contributed by atoms with E-state index in [4.69, 9.17) is 9.78 Å². The van der Waals surface area contributed by atoms with Crippen LogP contribution in [0.5, 0.6) is 0 Å². The van der Waals surface area contributed by atoms with Gasteiger partial charge in [0, 0.05) is 31.5 Å². The molecule has 0 N–H and O–H groups in total. The van der Waals surface area contributed by atoms with Crippen LogP contribution in [0.4, 0.5) is 0 Å². The molecule has 0 atom stereocenters. The fourth-order valence-electron chi connectivity index (χ4n) is 2.67. The van der Waals surface area contributed by atoms with E-state index in [1.165, 1.54) is 0 Å². The minimum atomic E-state index is 0.638. The zero-order valence-corrected chi connectivity index (χ0v) is 13.8. The van der Waals surface area contributed by atoms with Gasteiger partial charge in [-0.05, 0) is 37.7 Å². The molecule has 0 aliphatic heterocycles. The first-order chi connectivity index (χ1) is 11.7. The molecule has 6 heteroatoms. The summed E-state index contributed by atoms with van der Waals surface area (Å²) in [5.74, 6) is 0.786. The Morgan fingerprint density at radius 2 is 2.12 bits per heavy atom. The van der Waals surface area contributed by atoms with E-state index in [2.05, 4.69) is 21.1 Å². The van der Waals surface area contributed by atoms with Crippen LogP contribution < -0.4 is 0 Å². The van der Waals surface area contributed by atoms with Crippen LogP contribution in [-0.2, 0) is 19.6 Å². The summed E-state index contributed by atoms with van der Waals surface area (Å²) < 4.78 is 7.36. The Labute approximate surface area is 140 Å². The van der Waals surface area contributed by atoms with Gasteiger partial charge in [-0.3, -0.25) is 9.88 Å². The van der Waals surface area contributed by atoms with Crippen LogP contribution in [0, 0.1) is 11.3 Å². The van der Waals surface area contributed by atoms with Crippen molar-refractivity contribution in [2.75, 3.05) is 7.05 Å². The molecular weight excluding hydrogens is 302 g/mol. The molecule has 0 aliphatic rings. The quantitative estimate of drug-likeness (QED) is 0.698. The van der Waals surface area contributed by atoms with Crippen LogP contribution >= 0.6 is 0 Å². The lowest BCUT2D eigenvalue weighted by molar-refractivity contribution is 0.267. The summed E-state index contributed by atoms with van der Waals surface area (Å²) in [6.07, 6.45) is 3.76. The molecule has 0 aromatic carbocycles. The second-order valence-corrected chi connectivity index (χ2v) is 5.70. The summed E-state index contributed by atoms with van der Waals surface area (Å²) in [4.78, 5) is 6.40. The van der Waals surface area contributed by atoms with Crippen molar-refractivity contribution < 1.29 is 4.52 Å². The summed E-state index contributed by atoms with van der Waals surface area (Å²) in [7, 11) is 2.01. The molecule has 6 nitrogen and oxygen atoms in total. The predicted octanol–water partition coefficient (Wildman–Crippen LogP) is 3.06. The second kappa shape index (κ2) is 7.11. The van der Waals surface area contributed by atoms with Gasteiger partial charge >= 0.3 is 0 Å². The summed E-state index contributed by atoms with van der Waals surface area (Å²) in [6, 6.07) is 11.8. The maximum atomic E-state index is 9.13. The molecular formula is C18H19N5O. The van der Waals surface area contributed by atoms with E-state index in [0.717, 1.165) is 35.8 Å². The van der Waals surface area contributed by atoms with Crippen LogP contribution in [0.1, 0.15) is 23.9 Å². The molecule has 3 aromatic heterocycles. The van der Waals surface area contributed by atoms with Gasteiger partial charge in [-0.2, -0.15) is 5.26 Å². The fourth-order valence-corrected chi connectivity index (χ4v) is 2.67. The highest BCUT2D eigenvalue weighted by molar-refractivity contribution is 5.52. The maximum absolute atomic E-state index is 9.13. The van der Waals surface area contributed by atoms with Gasteiger partial charge in [0.2, 0.25) is 0 Å². The van der Waals surface area contributed by atoms with Crippen molar-refractivity contribution in [3.8, 4) is 17.5 Å². The van der Waals surface area contributed by atoms with Crippen molar-refractivity contribution in [1.29, 1.82) is 5.26 Å². The highest BCUT2D eigenvalue weighted by Crippen LogP contribution is 2.18. The van der Waals surface area contributed by atoms with E-state index in [1.807, 2.05) is 55.1 Å². The smallest absolute Gasteiger partial charge is 0.151 e. The summed E-state index contributed by atoms with van der Waals surface area (Å²) in [5, 5.41) is 13.2. The molecule has 0 fully saturated rings. The average Bonchev–Trinajstić information content (AvgIpc) is 3.22. The average molecular weight is 321 g/mol. The van der Waals surface area contributed by atoms with E-state index in [0.29, 0.717) is 12.2 Å². The fraction of sp³-hybridized carbons (Fsp3) is 0.278. The number of hydrogen-bond acceptors (Lipinski definition) is 5. The van der Waals surface area contributed by atoms with E-state index >= 15 is 0 Å². The van der Waals surface area contributed by atoms with Gasteiger partial charge in [-0.1, -0.05) is 11.2 Å². The van der Waals surface area contributed by atoms with Crippen molar-refractivity contribution >= 4 is 0 Å². The number of aryl methyl sites for hydroxylation is 1. The number of pyridine rings is 1. The largest absolute Gasteiger partial charge is 0.359 e.